The second-order valence-corrected chi connectivity index (χ2v) is 10.5. The smallest absolute Gasteiger partial charge is 0.338 e. The summed E-state index contributed by atoms with van der Waals surface area (Å²) >= 11 is 12.3. The van der Waals surface area contributed by atoms with Gasteiger partial charge in [0.25, 0.3) is 10.0 Å². The van der Waals surface area contributed by atoms with Gasteiger partial charge in [0.2, 0.25) is 5.78 Å². The first-order valence-electron chi connectivity index (χ1n) is 10.7. The third-order valence-electron chi connectivity index (χ3n) is 5.14. The lowest BCUT2D eigenvalue weighted by atomic mass is 10.1. The number of Topliss-reactive ketones (excluding diaryl/α,β-unsaturated/α-hetero) is 1. The van der Waals surface area contributed by atoms with Gasteiger partial charge < -0.3 is 10.5 Å². The molecule has 0 spiro atoms. The number of hydrogen-bond acceptors (Lipinski definition) is 7. The molecule has 0 aliphatic carbocycles. The Hall–Kier alpha value is -3.84. The number of nitrogens with two attached hydrogens (primary N) is 1. The number of anilines is 1. The van der Waals surface area contributed by atoms with Crippen LogP contribution in [0.3, 0.4) is 0 Å². The topological polar surface area (TPSA) is 131 Å². The molecule has 0 radical (unpaired) electrons. The van der Waals surface area contributed by atoms with E-state index < -0.39 is 28.4 Å². The molecule has 37 heavy (non-hydrogen) atoms. The highest BCUT2D eigenvalue weighted by Crippen LogP contribution is 2.31. The summed E-state index contributed by atoms with van der Waals surface area (Å²) in [5.41, 5.74) is 6.04. The molecule has 0 heterocycles. The van der Waals surface area contributed by atoms with Crippen molar-refractivity contribution < 1.29 is 22.7 Å². The molecule has 3 aromatic carbocycles. The van der Waals surface area contributed by atoms with Crippen molar-refractivity contribution in [3.63, 3.8) is 0 Å². The van der Waals surface area contributed by atoms with Crippen LogP contribution < -0.4 is 10.0 Å². The maximum Gasteiger partial charge on any atom is 0.338 e. The molecule has 8 nitrogen and oxygen atoms in total. The van der Waals surface area contributed by atoms with Crippen LogP contribution in [0.4, 0.5) is 5.69 Å². The average Bonchev–Trinajstić information content (AvgIpc) is 2.87. The lowest BCUT2D eigenvalue weighted by Crippen LogP contribution is -2.31. The molecule has 2 N–H and O–H groups in total. The zero-order chi connectivity index (χ0) is 27.2. The van der Waals surface area contributed by atoms with Crippen LogP contribution in [-0.4, -0.2) is 26.8 Å². The van der Waals surface area contributed by atoms with Crippen LogP contribution in [0, 0.1) is 11.3 Å². The van der Waals surface area contributed by atoms with Crippen molar-refractivity contribution in [3.8, 4) is 6.07 Å². The number of carbonyl (C=O) groups excluding carboxylic acids is 2. The lowest BCUT2D eigenvalue weighted by molar-refractivity contribution is -0.118. The highest BCUT2D eigenvalue weighted by atomic mass is 35.5. The highest BCUT2D eigenvalue weighted by molar-refractivity contribution is 7.93. The normalized spacial score (nSPS) is 11.7. The van der Waals surface area contributed by atoms with Gasteiger partial charge in [0.1, 0.15) is 16.5 Å². The zero-order valence-corrected chi connectivity index (χ0v) is 21.8. The summed E-state index contributed by atoms with van der Waals surface area (Å²) in [6, 6.07) is 20.4. The number of rotatable bonds is 9. The van der Waals surface area contributed by atoms with Crippen molar-refractivity contribution in [3.05, 3.63) is 105 Å². The third-order valence-corrected chi connectivity index (χ3v) is 7.65. The molecule has 0 unspecified atom stereocenters. The van der Waals surface area contributed by atoms with Crippen LogP contribution in [0.25, 0.3) is 0 Å². The van der Waals surface area contributed by atoms with Gasteiger partial charge in [-0.25, -0.2) is 13.2 Å². The maximum absolute atomic E-state index is 13.8. The van der Waals surface area contributed by atoms with E-state index in [1.807, 2.05) is 6.07 Å². The quantitative estimate of drug-likeness (QED) is 0.225. The number of carbonyl (C=O) groups is 2. The number of nitriles is 1. The fourth-order valence-corrected chi connectivity index (χ4v) is 5.36. The van der Waals surface area contributed by atoms with E-state index in [0.29, 0.717) is 16.3 Å². The second kappa shape index (κ2) is 11.9. The molecular weight excluding hydrogens is 537 g/mol. The average molecular weight is 558 g/mol. The van der Waals surface area contributed by atoms with Crippen molar-refractivity contribution in [1.82, 2.24) is 0 Å². The Morgan fingerprint density at radius 2 is 1.68 bits per heavy atom. The van der Waals surface area contributed by atoms with Crippen LogP contribution >= 0.6 is 23.2 Å². The molecule has 0 amide bonds. The first-order chi connectivity index (χ1) is 17.5. The fourth-order valence-electron chi connectivity index (χ4n) is 3.28. The second-order valence-electron chi connectivity index (χ2n) is 7.79. The van der Waals surface area contributed by atoms with Crippen LogP contribution in [0.2, 0.25) is 10.0 Å². The Bertz CT molecular complexity index is 1500. The Kier molecular flexibility index (Phi) is 8.95. The van der Waals surface area contributed by atoms with Gasteiger partial charge in [-0.1, -0.05) is 53.5 Å². The standard InChI is InChI=1S/C26H21Cl2N3O5S/c1-17(30)22(14-29)24(32)16-36-26(33)19-7-12-23(28)25(13-19)37(34,35)31(15-18-5-3-2-4-6-18)21-10-8-20(27)9-11-21/h2-13H,15-16,30H2,1H3/b22-17-. The van der Waals surface area contributed by atoms with E-state index in [2.05, 4.69) is 0 Å². The summed E-state index contributed by atoms with van der Waals surface area (Å²) in [7, 11) is -4.30. The lowest BCUT2D eigenvalue weighted by Gasteiger charge is -2.25. The Balaban J connectivity index is 1.97. The molecule has 0 saturated carbocycles. The summed E-state index contributed by atoms with van der Waals surface area (Å²) < 4.78 is 33.8. The molecule has 0 fully saturated rings. The summed E-state index contributed by atoms with van der Waals surface area (Å²) in [5, 5.41) is 9.34. The molecule has 3 rings (SSSR count). The number of benzene rings is 3. The van der Waals surface area contributed by atoms with Gasteiger partial charge in [0.15, 0.2) is 6.61 Å². The predicted molar refractivity (Wildman–Crippen MR) is 141 cm³/mol. The number of ether oxygens (including phenoxy) is 1. The van der Waals surface area contributed by atoms with Crippen LogP contribution in [0.5, 0.6) is 0 Å². The predicted octanol–water partition coefficient (Wildman–Crippen LogP) is 4.87. The number of sulfonamides is 1. The molecular formula is C26H21Cl2N3O5S. The minimum Gasteiger partial charge on any atom is -0.454 e. The van der Waals surface area contributed by atoms with E-state index in [1.165, 1.54) is 19.1 Å². The number of ketones is 1. The number of allylic oxidation sites excluding steroid dienone is 1. The van der Waals surface area contributed by atoms with Crippen LogP contribution in [-0.2, 0) is 26.1 Å². The van der Waals surface area contributed by atoms with Crippen molar-refractivity contribution in [1.29, 1.82) is 5.26 Å². The van der Waals surface area contributed by atoms with Gasteiger partial charge in [-0.15, -0.1) is 0 Å². The van der Waals surface area contributed by atoms with Gasteiger partial charge >= 0.3 is 5.97 Å². The minimum absolute atomic E-state index is 0.0101. The fraction of sp³-hybridized carbons (Fsp3) is 0.115. The summed E-state index contributed by atoms with van der Waals surface area (Å²) in [6.07, 6.45) is 0. The monoisotopic (exact) mass is 557 g/mol. The van der Waals surface area contributed by atoms with Crippen molar-refractivity contribution in [2.45, 2.75) is 18.4 Å². The minimum atomic E-state index is -4.30. The van der Waals surface area contributed by atoms with E-state index in [9.17, 15) is 18.0 Å². The molecule has 0 saturated heterocycles. The van der Waals surface area contributed by atoms with E-state index in [-0.39, 0.29) is 33.3 Å². The summed E-state index contributed by atoms with van der Waals surface area (Å²) in [5.74, 6) is -1.76. The van der Waals surface area contributed by atoms with E-state index in [1.54, 1.807) is 54.6 Å². The number of halogens is 2. The molecule has 0 bridgehead atoms. The van der Waals surface area contributed by atoms with Crippen molar-refractivity contribution >= 4 is 50.7 Å². The molecule has 0 atom stereocenters. The van der Waals surface area contributed by atoms with Crippen LogP contribution in [0.1, 0.15) is 22.8 Å². The zero-order valence-electron chi connectivity index (χ0n) is 19.5. The molecule has 0 aliphatic rings. The first-order valence-corrected chi connectivity index (χ1v) is 12.9. The van der Waals surface area contributed by atoms with Crippen molar-refractivity contribution in [2.75, 3.05) is 10.9 Å². The SMILES string of the molecule is C/C(N)=C(\C#N)C(=O)COC(=O)c1ccc(Cl)c(S(=O)(=O)N(Cc2ccccc2)c2ccc(Cl)cc2)c1. The van der Waals surface area contributed by atoms with Gasteiger partial charge in [0, 0.05) is 10.7 Å². The molecule has 11 heteroatoms. The van der Waals surface area contributed by atoms with Crippen LogP contribution in [0.15, 0.2) is 89.0 Å². The van der Waals surface area contributed by atoms with Crippen molar-refractivity contribution in [2.24, 2.45) is 5.73 Å². The summed E-state index contributed by atoms with van der Waals surface area (Å²) in [4.78, 5) is 24.4. The van der Waals surface area contributed by atoms with Gasteiger partial charge in [-0.3, -0.25) is 9.10 Å². The van der Waals surface area contributed by atoms with Gasteiger partial charge in [0.05, 0.1) is 22.8 Å². The van der Waals surface area contributed by atoms with E-state index in [0.717, 1.165) is 10.4 Å². The van der Waals surface area contributed by atoms with Gasteiger partial charge in [-0.05, 0) is 55.0 Å². The Morgan fingerprint density at radius 1 is 1.03 bits per heavy atom. The van der Waals surface area contributed by atoms with E-state index >= 15 is 0 Å². The number of hydrogen-bond donors (Lipinski definition) is 1. The molecule has 3 aromatic rings. The molecule has 0 aliphatic heterocycles. The Morgan fingerprint density at radius 3 is 2.27 bits per heavy atom. The van der Waals surface area contributed by atoms with Gasteiger partial charge in [-0.2, -0.15) is 5.26 Å². The first kappa shape index (κ1) is 27.7. The Labute approximate surface area is 224 Å². The third kappa shape index (κ3) is 6.68. The largest absolute Gasteiger partial charge is 0.454 e. The molecule has 0 aromatic heterocycles. The number of esters is 1. The molecule has 190 valence electrons. The maximum atomic E-state index is 13.8. The number of nitrogens with zero attached hydrogens (tertiary/aromatic N) is 2. The summed E-state index contributed by atoms with van der Waals surface area (Å²) in [6.45, 7) is 0.606. The van der Waals surface area contributed by atoms with E-state index in [4.69, 9.17) is 38.9 Å². The highest BCUT2D eigenvalue weighted by Gasteiger charge is 2.29.